The molecule has 194 valence electrons. The Bertz CT molecular complexity index is 1180. The second-order valence-corrected chi connectivity index (χ2v) is 12.1. The zero-order valence-electron chi connectivity index (χ0n) is 20.0. The number of anilines is 1. The van der Waals surface area contributed by atoms with Crippen molar-refractivity contribution in [3.8, 4) is 0 Å². The standard InChI is InChI=1S/C24H31N5O5S2/c25-21(30)15-18-6-8-19(9-7-18)36(33,34)28-11-12-29(22(31)16-28)20(14-17-4-2-1-3-5-17)23(32)27-24-26-10-13-35-24/h6-10,13,17,20H,1-5,11-12,14-16H2,(H2,25,30)(H,26,27,32)/t20-/m0/s1. The molecule has 2 aliphatic rings. The third-order valence-corrected chi connectivity index (χ3v) is 9.33. The second-order valence-electron chi connectivity index (χ2n) is 9.29. The van der Waals surface area contributed by atoms with Crippen LogP contribution in [-0.4, -0.2) is 66.0 Å². The number of benzene rings is 1. The van der Waals surface area contributed by atoms with Crippen LogP contribution < -0.4 is 11.1 Å². The minimum atomic E-state index is -3.92. The zero-order valence-corrected chi connectivity index (χ0v) is 21.6. The number of thiazole rings is 1. The number of nitrogens with two attached hydrogens (primary N) is 1. The first-order valence-corrected chi connectivity index (χ1v) is 14.4. The number of hydrogen-bond acceptors (Lipinski definition) is 7. The molecule has 0 spiro atoms. The summed E-state index contributed by atoms with van der Waals surface area (Å²) in [6.45, 7) is -0.125. The van der Waals surface area contributed by atoms with Crippen molar-refractivity contribution in [2.45, 2.75) is 55.9 Å². The van der Waals surface area contributed by atoms with Crippen LogP contribution in [0.3, 0.4) is 0 Å². The van der Waals surface area contributed by atoms with E-state index in [1.807, 2.05) is 0 Å². The monoisotopic (exact) mass is 533 g/mol. The number of aromatic nitrogens is 1. The summed E-state index contributed by atoms with van der Waals surface area (Å²) in [6, 6.07) is 5.23. The molecule has 0 unspecified atom stereocenters. The fourth-order valence-corrected chi connectivity index (χ4v) is 6.83. The van der Waals surface area contributed by atoms with Crippen LogP contribution in [0, 0.1) is 5.92 Å². The number of carbonyl (C=O) groups is 3. The molecule has 2 heterocycles. The molecule has 2 aromatic rings. The molecule has 1 aromatic carbocycles. The van der Waals surface area contributed by atoms with Crippen LogP contribution in [0.25, 0.3) is 0 Å². The molecule has 1 aliphatic heterocycles. The maximum atomic E-state index is 13.2. The molecule has 2 fully saturated rings. The number of piperazine rings is 1. The third kappa shape index (κ3) is 6.29. The zero-order chi connectivity index (χ0) is 25.7. The number of primary amides is 1. The summed E-state index contributed by atoms with van der Waals surface area (Å²) in [5, 5.41) is 5.06. The van der Waals surface area contributed by atoms with Gasteiger partial charge in [0.1, 0.15) is 6.04 Å². The maximum Gasteiger partial charge on any atom is 0.248 e. The highest BCUT2D eigenvalue weighted by Gasteiger charge is 2.39. The fraction of sp³-hybridized carbons (Fsp3) is 0.500. The number of amides is 3. The molecule has 1 aromatic heterocycles. The molecular weight excluding hydrogens is 502 g/mol. The van der Waals surface area contributed by atoms with Gasteiger partial charge < -0.3 is 16.0 Å². The predicted molar refractivity (Wildman–Crippen MR) is 136 cm³/mol. The van der Waals surface area contributed by atoms with Gasteiger partial charge in [0.15, 0.2) is 5.13 Å². The first-order valence-electron chi connectivity index (χ1n) is 12.1. The Morgan fingerprint density at radius 3 is 2.47 bits per heavy atom. The molecule has 0 radical (unpaired) electrons. The maximum absolute atomic E-state index is 13.2. The molecule has 4 rings (SSSR count). The summed E-state index contributed by atoms with van der Waals surface area (Å²) in [4.78, 5) is 43.2. The largest absolute Gasteiger partial charge is 0.369 e. The van der Waals surface area contributed by atoms with Gasteiger partial charge in [0.2, 0.25) is 27.7 Å². The number of carbonyl (C=O) groups excluding carboxylic acids is 3. The van der Waals surface area contributed by atoms with E-state index in [4.69, 9.17) is 5.73 Å². The van der Waals surface area contributed by atoms with Gasteiger partial charge in [-0.15, -0.1) is 11.3 Å². The van der Waals surface area contributed by atoms with E-state index in [1.165, 1.54) is 34.8 Å². The number of nitrogens with zero attached hydrogens (tertiary/aromatic N) is 3. The van der Waals surface area contributed by atoms with E-state index >= 15 is 0 Å². The first kappa shape index (κ1) is 26.2. The lowest BCUT2D eigenvalue weighted by Crippen LogP contribution is -2.58. The summed E-state index contributed by atoms with van der Waals surface area (Å²) in [7, 11) is -3.92. The molecule has 12 heteroatoms. The molecule has 1 saturated carbocycles. The second kappa shape index (κ2) is 11.5. The van der Waals surface area contributed by atoms with Gasteiger partial charge in [-0.1, -0.05) is 44.2 Å². The van der Waals surface area contributed by atoms with Gasteiger partial charge in [0.25, 0.3) is 0 Å². The molecule has 1 atom stereocenters. The minimum absolute atomic E-state index is 0.0168. The Morgan fingerprint density at radius 1 is 1.14 bits per heavy atom. The topological polar surface area (TPSA) is 143 Å². The van der Waals surface area contributed by atoms with Gasteiger partial charge in [0.05, 0.1) is 17.9 Å². The van der Waals surface area contributed by atoms with Crippen molar-refractivity contribution in [2.24, 2.45) is 11.7 Å². The average molecular weight is 534 g/mol. The fourth-order valence-electron chi connectivity index (χ4n) is 4.92. The lowest BCUT2D eigenvalue weighted by Gasteiger charge is -2.39. The Hall–Kier alpha value is -2.83. The van der Waals surface area contributed by atoms with E-state index in [0.29, 0.717) is 23.0 Å². The minimum Gasteiger partial charge on any atom is -0.369 e. The van der Waals surface area contributed by atoms with E-state index in [9.17, 15) is 22.8 Å². The highest BCUT2D eigenvalue weighted by molar-refractivity contribution is 7.89. The van der Waals surface area contributed by atoms with Crippen LogP contribution >= 0.6 is 11.3 Å². The summed E-state index contributed by atoms with van der Waals surface area (Å²) >= 11 is 1.31. The number of sulfonamides is 1. The Kier molecular flexibility index (Phi) is 8.37. The summed E-state index contributed by atoms with van der Waals surface area (Å²) < 4.78 is 27.5. The molecular formula is C24H31N5O5S2. The first-order chi connectivity index (χ1) is 17.2. The summed E-state index contributed by atoms with van der Waals surface area (Å²) in [5.41, 5.74) is 5.81. The quantitative estimate of drug-likeness (QED) is 0.505. The predicted octanol–water partition coefficient (Wildman–Crippen LogP) is 1.98. The van der Waals surface area contributed by atoms with Crippen LogP contribution in [0.5, 0.6) is 0 Å². The van der Waals surface area contributed by atoms with Gasteiger partial charge in [-0.05, 0) is 30.0 Å². The van der Waals surface area contributed by atoms with Gasteiger partial charge in [-0.2, -0.15) is 4.31 Å². The van der Waals surface area contributed by atoms with Gasteiger partial charge in [-0.25, -0.2) is 13.4 Å². The van der Waals surface area contributed by atoms with Gasteiger partial charge in [-0.3, -0.25) is 14.4 Å². The van der Waals surface area contributed by atoms with Crippen molar-refractivity contribution in [1.29, 1.82) is 0 Å². The van der Waals surface area contributed by atoms with Crippen LogP contribution in [-0.2, 0) is 30.8 Å². The van der Waals surface area contributed by atoms with Crippen molar-refractivity contribution >= 4 is 44.2 Å². The van der Waals surface area contributed by atoms with E-state index in [1.54, 1.807) is 23.7 Å². The Labute approximate surface area is 214 Å². The number of hydrogen-bond donors (Lipinski definition) is 2. The van der Waals surface area contributed by atoms with Gasteiger partial charge >= 0.3 is 0 Å². The number of nitrogens with one attached hydrogen (secondary N) is 1. The van der Waals surface area contributed by atoms with E-state index in [-0.39, 0.29) is 36.9 Å². The normalized spacial score (nSPS) is 18.7. The van der Waals surface area contributed by atoms with Crippen molar-refractivity contribution in [2.75, 3.05) is 25.0 Å². The lowest BCUT2D eigenvalue weighted by molar-refractivity contribution is -0.142. The molecule has 0 bridgehead atoms. The van der Waals surface area contributed by atoms with E-state index in [2.05, 4.69) is 10.3 Å². The Morgan fingerprint density at radius 2 is 1.86 bits per heavy atom. The number of rotatable bonds is 9. The van der Waals surface area contributed by atoms with Crippen molar-refractivity contribution in [3.05, 3.63) is 41.4 Å². The highest BCUT2D eigenvalue weighted by Crippen LogP contribution is 2.30. The lowest BCUT2D eigenvalue weighted by atomic mass is 9.84. The molecule has 10 nitrogen and oxygen atoms in total. The van der Waals surface area contributed by atoms with E-state index in [0.717, 1.165) is 30.0 Å². The molecule has 36 heavy (non-hydrogen) atoms. The van der Waals surface area contributed by atoms with Gasteiger partial charge in [0, 0.05) is 24.7 Å². The van der Waals surface area contributed by atoms with Crippen LogP contribution in [0.2, 0.25) is 0 Å². The molecule has 3 amide bonds. The van der Waals surface area contributed by atoms with Crippen LogP contribution in [0.1, 0.15) is 44.1 Å². The van der Waals surface area contributed by atoms with Crippen molar-refractivity contribution < 1.29 is 22.8 Å². The summed E-state index contributed by atoms with van der Waals surface area (Å²) in [6.07, 6.45) is 7.63. The third-order valence-electron chi connectivity index (χ3n) is 6.78. The van der Waals surface area contributed by atoms with Crippen LogP contribution in [0.15, 0.2) is 40.7 Å². The SMILES string of the molecule is NC(=O)Cc1ccc(S(=O)(=O)N2CCN([C@@H](CC3CCCCC3)C(=O)Nc3nccs3)C(=O)C2)cc1. The highest BCUT2D eigenvalue weighted by atomic mass is 32.2. The van der Waals surface area contributed by atoms with Crippen molar-refractivity contribution in [3.63, 3.8) is 0 Å². The van der Waals surface area contributed by atoms with E-state index < -0.39 is 27.9 Å². The molecule has 1 aliphatic carbocycles. The molecule has 1 saturated heterocycles. The molecule has 3 N–H and O–H groups in total. The van der Waals surface area contributed by atoms with Crippen molar-refractivity contribution in [1.82, 2.24) is 14.2 Å². The average Bonchev–Trinajstić information content (AvgIpc) is 3.36. The Balaban J connectivity index is 1.47. The smallest absolute Gasteiger partial charge is 0.248 e. The van der Waals surface area contributed by atoms with Crippen LogP contribution in [0.4, 0.5) is 5.13 Å². The summed E-state index contributed by atoms with van der Waals surface area (Å²) in [5.74, 6) is -0.844.